The molecule has 0 aliphatic rings. The Bertz CT molecular complexity index is 463. The molecule has 2 aromatic carbocycles. The van der Waals surface area contributed by atoms with Gasteiger partial charge in [0.15, 0.2) is 0 Å². The van der Waals surface area contributed by atoms with Crippen LogP contribution in [-0.2, 0) is 0 Å². The van der Waals surface area contributed by atoms with Crippen molar-refractivity contribution in [1.82, 2.24) is 0 Å². The molecule has 2 aromatic rings. The predicted octanol–water partition coefficient (Wildman–Crippen LogP) is 3.25. The molecule has 0 bridgehead atoms. The topological polar surface area (TPSA) is 0 Å². The minimum absolute atomic E-state index is 0.300. The number of hydrogen-bond donors (Lipinski definition) is 0. The van der Waals surface area contributed by atoms with Crippen LogP contribution in [0, 0.1) is 0 Å². The summed E-state index contributed by atoms with van der Waals surface area (Å²) in [5.74, 6) is 0. The van der Waals surface area contributed by atoms with Crippen molar-refractivity contribution < 1.29 is 0 Å². The summed E-state index contributed by atoms with van der Waals surface area (Å²) in [6.07, 6.45) is 0. The Morgan fingerprint density at radius 3 is 2.06 bits per heavy atom. The van der Waals surface area contributed by atoms with E-state index in [2.05, 4.69) is 29.2 Å². The Balaban J connectivity index is 2.09. The molecule has 0 radical (unpaired) electrons. The van der Waals surface area contributed by atoms with Crippen LogP contribution in [0.5, 0.6) is 0 Å². The Hall–Kier alpha value is -1.01. The van der Waals surface area contributed by atoms with Crippen LogP contribution in [0.1, 0.15) is 5.56 Å². The number of benzene rings is 2. The van der Waals surface area contributed by atoms with Crippen LogP contribution in [0.3, 0.4) is 0 Å². The second kappa shape index (κ2) is 5.91. The molecule has 0 spiro atoms. The van der Waals surface area contributed by atoms with E-state index in [0.717, 1.165) is 10.6 Å². The van der Waals surface area contributed by atoms with Gasteiger partial charge in [0.05, 0.1) is 0 Å². The van der Waals surface area contributed by atoms with Crippen molar-refractivity contribution in [2.24, 2.45) is 0 Å². The first-order chi connectivity index (χ1) is 7.86. The van der Waals surface area contributed by atoms with Gasteiger partial charge < -0.3 is 0 Å². The maximum atomic E-state index is 6.23. The van der Waals surface area contributed by atoms with E-state index in [1.807, 2.05) is 36.4 Å². The van der Waals surface area contributed by atoms with Crippen molar-refractivity contribution >= 4 is 36.1 Å². The molecule has 0 saturated carbocycles. The fourth-order valence-corrected chi connectivity index (χ4v) is 3.09. The molecule has 0 nitrogen and oxygen atoms in total. The van der Waals surface area contributed by atoms with Gasteiger partial charge in [-0.05, 0) is 0 Å². The van der Waals surface area contributed by atoms with E-state index in [1.165, 1.54) is 4.46 Å². The fourth-order valence-electron chi connectivity index (χ4n) is 1.28. The van der Waals surface area contributed by atoms with Crippen LogP contribution >= 0.6 is 11.6 Å². The summed E-state index contributed by atoms with van der Waals surface area (Å²) in [7, 11) is 0. The van der Waals surface area contributed by atoms with Gasteiger partial charge in [-0.3, -0.25) is 0 Å². The number of hydrogen-bond acceptors (Lipinski definition) is 0. The summed E-state index contributed by atoms with van der Waals surface area (Å²) >= 11 is 6.53. The third kappa shape index (κ3) is 3.24. The molecular formula is C14H11ClSe. The average Bonchev–Trinajstić information content (AvgIpc) is 2.38. The van der Waals surface area contributed by atoms with E-state index in [0.29, 0.717) is 15.0 Å². The third-order valence-electron chi connectivity index (χ3n) is 2.09. The summed E-state index contributed by atoms with van der Waals surface area (Å²) < 4.78 is 1.34. The fraction of sp³-hybridized carbons (Fsp3) is 0. The maximum absolute atomic E-state index is 6.23. The Morgan fingerprint density at radius 1 is 0.875 bits per heavy atom. The zero-order valence-corrected chi connectivity index (χ0v) is 11.1. The first kappa shape index (κ1) is 11.5. The van der Waals surface area contributed by atoms with Crippen LogP contribution in [0.25, 0.3) is 5.03 Å². The molecule has 2 rings (SSSR count). The molecule has 0 atom stereocenters. The second-order valence-corrected chi connectivity index (χ2v) is 5.65. The van der Waals surface area contributed by atoms with Crippen molar-refractivity contribution in [3.8, 4) is 0 Å². The third-order valence-corrected chi connectivity index (χ3v) is 4.60. The van der Waals surface area contributed by atoms with E-state index in [1.54, 1.807) is 0 Å². The minimum atomic E-state index is 0.300. The zero-order chi connectivity index (χ0) is 11.2. The molecule has 0 N–H and O–H groups in total. The van der Waals surface area contributed by atoms with E-state index >= 15 is 0 Å². The van der Waals surface area contributed by atoms with E-state index < -0.39 is 0 Å². The van der Waals surface area contributed by atoms with Gasteiger partial charge in [-0.1, -0.05) is 0 Å². The predicted molar refractivity (Wildman–Crippen MR) is 72.1 cm³/mol. The quantitative estimate of drug-likeness (QED) is 0.762. The van der Waals surface area contributed by atoms with Crippen molar-refractivity contribution in [2.75, 3.05) is 0 Å². The first-order valence-corrected chi connectivity index (χ1v) is 7.21. The molecule has 2 heteroatoms. The summed E-state index contributed by atoms with van der Waals surface area (Å²) in [4.78, 5) is 2.11. The van der Waals surface area contributed by atoms with Gasteiger partial charge >= 0.3 is 107 Å². The van der Waals surface area contributed by atoms with Crippen LogP contribution in [-0.4, -0.2) is 15.0 Å². The molecule has 0 unspecified atom stereocenters. The standard InChI is InChI=1S/C14H11ClSe/c15-14(12-7-3-1-4-8-12)11-16-13-9-5-2-6-10-13/h1-11H/b14-11+. The summed E-state index contributed by atoms with van der Waals surface area (Å²) in [6.45, 7) is 0. The van der Waals surface area contributed by atoms with Gasteiger partial charge in [0.25, 0.3) is 0 Å². The normalized spacial score (nSPS) is 11.4. The van der Waals surface area contributed by atoms with Crippen LogP contribution in [0.4, 0.5) is 0 Å². The van der Waals surface area contributed by atoms with E-state index in [-0.39, 0.29) is 0 Å². The molecule has 0 aliphatic carbocycles. The van der Waals surface area contributed by atoms with Crippen molar-refractivity contribution in [3.05, 3.63) is 71.2 Å². The zero-order valence-electron chi connectivity index (χ0n) is 8.64. The van der Waals surface area contributed by atoms with Crippen LogP contribution < -0.4 is 4.46 Å². The first-order valence-electron chi connectivity index (χ1n) is 4.99. The van der Waals surface area contributed by atoms with Crippen LogP contribution in [0.15, 0.2) is 65.6 Å². The molecular weight excluding hydrogens is 283 g/mol. The van der Waals surface area contributed by atoms with Gasteiger partial charge in [0.2, 0.25) is 0 Å². The summed E-state index contributed by atoms with van der Waals surface area (Å²) in [5.41, 5.74) is 1.09. The SMILES string of the molecule is Cl/C(=C/[Se]c1ccccc1)c1ccccc1. The monoisotopic (exact) mass is 294 g/mol. The van der Waals surface area contributed by atoms with Crippen molar-refractivity contribution in [1.29, 1.82) is 0 Å². The molecule has 0 heterocycles. The molecule has 16 heavy (non-hydrogen) atoms. The van der Waals surface area contributed by atoms with Gasteiger partial charge in [-0.25, -0.2) is 0 Å². The van der Waals surface area contributed by atoms with Gasteiger partial charge in [0.1, 0.15) is 0 Å². The second-order valence-electron chi connectivity index (χ2n) is 3.26. The molecule has 0 amide bonds. The van der Waals surface area contributed by atoms with E-state index in [4.69, 9.17) is 11.6 Å². The number of halogens is 1. The van der Waals surface area contributed by atoms with Crippen molar-refractivity contribution in [3.63, 3.8) is 0 Å². The number of rotatable bonds is 3. The van der Waals surface area contributed by atoms with Gasteiger partial charge in [0, 0.05) is 0 Å². The Kier molecular flexibility index (Phi) is 4.24. The van der Waals surface area contributed by atoms with Gasteiger partial charge in [-0.2, -0.15) is 0 Å². The summed E-state index contributed by atoms with van der Waals surface area (Å²) in [5, 5.41) is 0.837. The van der Waals surface area contributed by atoms with Gasteiger partial charge in [-0.15, -0.1) is 0 Å². The molecule has 80 valence electrons. The average molecular weight is 294 g/mol. The molecule has 0 fully saturated rings. The van der Waals surface area contributed by atoms with Crippen molar-refractivity contribution in [2.45, 2.75) is 0 Å². The molecule has 0 saturated heterocycles. The molecule has 0 aliphatic heterocycles. The van der Waals surface area contributed by atoms with Crippen LogP contribution in [0.2, 0.25) is 0 Å². The molecule has 0 aromatic heterocycles. The Labute approximate surface area is 107 Å². The summed E-state index contributed by atoms with van der Waals surface area (Å²) in [6, 6.07) is 20.5. The Morgan fingerprint density at radius 2 is 1.44 bits per heavy atom. The van der Waals surface area contributed by atoms with E-state index in [9.17, 15) is 0 Å².